The van der Waals surface area contributed by atoms with Crippen molar-refractivity contribution in [3.05, 3.63) is 12.7 Å². The molecular formula is C12H20O. The summed E-state index contributed by atoms with van der Waals surface area (Å²) in [5, 5.41) is 0. The molecule has 1 saturated carbocycles. The Bertz CT molecular complexity index is 172. The fourth-order valence-corrected chi connectivity index (χ4v) is 2.04. The van der Waals surface area contributed by atoms with Gasteiger partial charge in [-0.1, -0.05) is 18.9 Å². The van der Waals surface area contributed by atoms with Crippen LogP contribution in [-0.2, 0) is 4.79 Å². The number of ketones is 1. The monoisotopic (exact) mass is 180 g/mol. The highest BCUT2D eigenvalue weighted by atomic mass is 16.1. The molecule has 0 heterocycles. The van der Waals surface area contributed by atoms with Crippen molar-refractivity contribution < 1.29 is 4.79 Å². The van der Waals surface area contributed by atoms with Gasteiger partial charge in [0.25, 0.3) is 0 Å². The van der Waals surface area contributed by atoms with Gasteiger partial charge >= 0.3 is 0 Å². The molecule has 1 nitrogen and oxygen atoms in total. The standard InChI is InChI=1S/C12H20O/c1-2-3-4-5-8-11-9-6-7-10-12(11)13/h2,11H,1,3-10H2. The fourth-order valence-electron chi connectivity index (χ4n) is 2.04. The largest absolute Gasteiger partial charge is 0.299 e. The van der Waals surface area contributed by atoms with Gasteiger partial charge in [-0.15, -0.1) is 6.58 Å². The average Bonchev–Trinajstić information content (AvgIpc) is 2.15. The molecular weight excluding hydrogens is 160 g/mol. The lowest BCUT2D eigenvalue weighted by Gasteiger charge is -2.19. The quantitative estimate of drug-likeness (QED) is 0.467. The highest BCUT2D eigenvalue weighted by Gasteiger charge is 2.20. The van der Waals surface area contributed by atoms with Gasteiger partial charge in [-0.05, 0) is 32.1 Å². The van der Waals surface area contributed by atoms with Crippen LogP contribution in [0.3, 0.4) is 0 Å². The third kappa shape index (κ3) is 3.75. The van der Waals surface area contributed by atoms with Crippen LogP contribution in [0, 0.1) is 5.92 Å². The maximum atomic E-state index is 11.4. The van der Waals surface area contributed by atoms with Gasteiger partial charge in [0, 0.05) is 12.3 Å². The second-order valence-corrected chi connectivity index (χ2v) is 3.98. The van der Waals surface area contributed by atoms with Gasteiger partial charge < -0.3 is 0 Å². The molecule has 0 aromatic rings. The second kappa shape index (κ2) is 5.95. The molecule has 13 heavy (non-hydrogen) atoms. The van der Waals surface area contributed by atoms with Gasteiger partial charge in [0.2, 0.25) is 0 Å². The zero-order chi connectivity index (χ0) is 9.52. The first-order valence-electron chi connectivity index (χ1n) is 5.48. The molecule has 0 aromatic heterocycles. The van der Waals surface area contributed by atoms with Crippen LogP contribution in [0.15, 0.2) is 12.7 Å². The van der Waals surface area contributed by atoms with Gasteiger partial charge in [-0.3, -0.25) is 4.79 Å². The molecule has 0 N–H and O–H groups in total. The number of allylic oxidation sites excluding steroid dienone is 1. The van der Waals surface area contributed by atoms with Gasteiger partial charge in [0.15, 0.2) is 0 Å². The smallest absolute Gasteiger partial charge is 0.135 e. The zero-order valence-electron chi connectivity index (χ0n) is 8.43. The van der Waals surface area contributed by atoms with E-state index in [4.69, 9.17) is 0 Å². The van der Waals surface area contributed by atoms with E-state index < -0.39 is 0 Å². The Morgan fingerprint density at radius 1 is 1.38 bits per heavy atom. The topological polar surface area (TPSA) is 17.1 Å². The Labute approximate surface area is 81.2 Å². The molecule has 1 aliphatic carbocycles. The molecule has 0 saturated heterocycles. The van der Waals surface area contributed by atoms with Crippen molar-refractivity contribution >= 4 is 5.78 Å². The molecule has 0 spiro atoms. The summed E-state index contributed by atoms with van der Waals surface area (Å²) in [6.45, 7) is 3.69. The van der Waals surface area contributed by atoms with E-state index in [9.17, 15) is 4.79 Å². The number of rotatable bonds is 5. The Morgan fingerprint density at radius 3 is 2.92 bits per heavy atom. The molecule has 1 atom stereocenters. The van der Waals surface area contributed by atoms with Gasteiger partial charge in [0.1, 0.15) is 5.78 Å². The minimum Gasteiger partial charge on any atom is -0.299 e. The van der Waals surface area contributed by atoms with E-state index in [0.717, 1.165) is 32.1 Å². The maximum Gasteiger partial charge on any atom is 0.135 e. The summed E-state index contributed by atoms with van der Waals surface area (Å²) in [5.74, 6) is 0.920. The van der Waals surface area contributed by atoms with Crippen molar-refractivity contribution in [1.29, 1.82) is 0 Å². The van der Waals surface area contributed by atoms with Crippen LogP contribution in [0.1, 0.15) is 51.4 Å². The molecule has 1 unspecified atom stereocenters. The summed E-state index contributed by atoms with van der Waals surface area (Å²) in [5.41, 5.74) is 0. The first kappa shape index (κ1) is 10.5. The van der Waals surface area contributed by atoms with E-state index in [1.807, 2.05) is 6.08 Å². The highest BCUT2D eigenvalue weighted by Crippen LogP contribution is 2.25. The Kier molecular flexibility index (Phi) is 4.81. The molecule has 0 amide bonds. The second-order valence-electron chi connectivity index (χ2n) is 3.98. The Morgan fingerprint density at radius 2 is 2.23 bits per heavy atom. The predicted octanol–water partition coefficient (Wildman–Crippen LogP) is 3.49. The normalized spacial score (nSPS) is 23.1. The van der Waals surface area contributed by atoms with Crippen LogP contribution < -0.4 is 0 Å². The lowest BCUT2D eigenvalue weighted by atomic mass is 9.84. The van der Waals surface area contributed by atoms with Crippen molar-refractivity contribution in [3.8, 4) is 0 Å². The molecule has 0 aliphatic heterocycles. The van der Waals surface area contributed by atoms with Crippen LogP contribution in [-0.4, -0.2) is 5.78 Å². The minimum atomic E-state index is 0.401. The van der Waals surface area contributed by atoms with Crippen molar-refractivity contribution in [2.24, 2.45) is 5.92 Å². The Hall–Kier alpha value is -0.590. The lowest BCUT2D eigenvalue weighted by Crippen LogP contribution is -2.18. The number of Topliss-reactive ketones (excluding diaryl/α,β-unsaturated/α-hetero) is 1. The van der Waals surface area contributed by atoms with Gasteiger partial charge in [0.05, 0.1) is 0 Å². The van der Waals surface area contributed by atoms with E-state index in [2.05, 4.69) is 6.58 Å². The number of carbonyl (C=O) groups excluding carboxylic acids is 1. The predicted molar refractivity (Wildman–Crippen MR) is 55.6 cm³/mol. The minimum absolute atomic E-state index is 0.401. The molecule has 1 rings (SSSR count). The third-order valence-electron chi connectivity index (χ3n) is 2.89. The Balaban J connectivity index is 2.11. The van der Waals surface area contributed by atoms with Crippen LogP contribution in [0.4, 0.5) is 0 Å². The van der Waals surface area contributed by atoms with Crippen molar-refractivity contribution in [1.82, 2.24) is 0 Å². The third-order valence-corrected chi connectivity index (χ3v) is 2.89. The van der Waals surface area contributed by atoms with Crippen molar-refractivity contribution in [2.75, 3.05) is 0 Å². The van der Waals surface area contributed by atoms with Crippen molar-refractivity contribution in [3.63, 3.8) is 0 Å². The van der Waals surface area contributed by atoms with Gasteiger partial charge in [-0.25, -0.2) is 0 Å². The van der Waals surface area contributed by atoms with E-state index in [0.29, 0.717) is 11.7 Å². The molecule has 1 fully saturated rings. The molecule has 0 aromatic carbocycles. The van der Waals surface area contributed by atoms with E-state index in [-0.39, 0.29) is 0 Å². The molecule has 1 aliphatic rings. The number of unbranched alkanes of at least 4 members (excludes halogenated alkanes) is 2. The SMILES string of the molecule is C=CCCCCC1CCCCC1=O. The number of carbonyl (C=O) groups is 1. The summed E-state index contributed by atoms with van der Waals surface area (Å²) in [6, 6.07) is 0. The number of hydrogen-bond acceptors (Lipinski definition) is 1. The summed E-state index contributed by atoms with van der Waals surface area (Å²) in [6.07, 6.45) is 10.9. The molecule has 1 heteroatoms. The van der Waals surface area contributed by atoms with Crippen molar-refractivity contribution in [2.45, 2.75) is 51.4 Å². The summed E-state index contributed by atoms with van der Waals surface area (Å²) in [4.78, 5) is 11.4. The number of hydrogen-bond donors (Lipinski definition) is 0. The lowest BCUT2D eigenvalue weighted by molar-refractivity contribution is -0.124. The van der Waals surface area contributed by atoms with E-state index in [1.165, 1.54) is 19.3 Å². The van der Waals surface area contributed by atoms with E-state index in [1.54, 1.807) is 0 Å². The molecule has 0 bridgehead atoms. The summed E-state index contributed by atoms with van der Waals surface area (Å²) >= 11 is 0. The van der Waals surface area contributed by atoms with Gasteiger partial charge in [-0.2, -0.15) is 0 Å². The summed E-state index contributed by atoms with van der Waals surface area (Å²) < 4.78 is 0. The van der Waals surface area contributed by atoms with Crippen LogP contribution >= 0.6 is 0 Å². The van der Waals surface area contributed by atoms with Crippen LogP contribution in [0.25, 0.3) is 0 Å². The van der Waals surface area contributed by atoms with Crippen LogP contribution in [0.2, 0.25) is 0 Å². The van der Waals surface area contributed by atoms with Crippen LogP contribution in [0.5, 0.6) is 0 Å². The summed E-state index contributed by atoms with van der Waals surface area (Å²) in [7, 11) is 0. The fraction of sp³-hybridized carbons (Fsp3) is 0.750. The first-order valence-corrected chi connectivity index (χ1v) is 5.48. The molecule has 74 valence electrons. The maximum absolute atomic E-state index is 11.4. The average molecular weight is 180 g/mol. The zero-order valence-corrected chi connectivity index (χ0v) is 8.43. The highest BCUT2D eigenvalue weighted by molar-refractivity contribution is 5.81. The first-order chi connectivity index (χ1) is 6.34. The van der Waals surface area contributed by atoms with E-state index >= 15 is 0 Å². The molecule has 0 radical (unpaired) electrons.